The predicted molar refractivity (Wildman–Crippen MR) is 87.2 cm³/mol. The van der Waals surface area contributed by atoms with Crippen molar-refractivity contribution in [3.63, 3.8) is 0 Å². The molecule has 0 unspecified atom stereocenters. The lowest BCUT2D eigenvalue weighted by molar-refractivity contribution is 0.282. The van der Waals surface area contributed by atoms with Crippen molar-refractivity contribution in [2.24, 2.45) is 0 Å². The highest BCUT2D eigenvalue weighted by Gasteiger charge is 2.16. The van der Waals surface area contributed by atoms with Crippen molar-refractivity contribution in [1.29, 1.82) is 0 Å². The molecule has 0 aromatic heterocycles. The van der Waals surface area contributed by atoms with Gasteiger partial charge in [-0.15, -0.1) is 0 Å². The molecule has 0 bridgehead atoms. The van der Waals surface area contributed by atoms with Gasteiger partial charge < -0.3 is 5.11 Å². The molecule has 0 saturated carbocycles. The van der Waals surface area contributed by atoms with Crippen LogP contribution >= 0.6 is 0 Å². The predicted octanol–water partition coefficient (Wildman–Crippen LogP) is 2.32. The quantitative estimate of drug-likeness (QED) is 0.859. The summed E-state index contributed by atoms with van der Waals surface area (Å²) in [4.78, 5) is 0.336. The van der Waals surface area contributed by atoms with Gasteiger partial charge in [0, 0.05) is 6.54 Å². The monoisotopic (exact) mass is 319 g/mol. The topological polar surface area (TPSA) is 66.4 Å². The van der Waals surface area contributed by atoms with Gasteiger partial charge in [0.25, 0.3) is 0 Å². The number of aliphatic hydroxyl groups excluding tert-OH is 1. The van der Waals surface area contributed by atoms with Crippen LogP contribution in [0, 0.1) is 13.8 Å². The normalized spacial score (nSPS) is 11.6. The van der Waals surface area contributed by atoms with Crippen molar-refractivity contribution in [2.75, 3.05) is 6.54 Å². The zero-order valence-electron chi connectivity index (χ0n) is 12.8. The molecule has 118 valence electrons. The molecule has 2 N–H and O–H groups in total. The number of nitrogens with one attached hydrogen (secondary N) is 1. The molecule has 0 aliphatic rings. The summed E-state index contributed by atoms with van der Waals surface area (Å²) in [6, 6.07) is 12.9. The fraction of sp³-hybridized carbons (Fsp3) is 0.294. The Morgan fingerprint density at radius 1 is 1.00 bits per heavy atom. The van der Waals surface area contributed by atoms with Gasteiger partial charge in [-0.25, -0.2) is 13.1 Å². The van der Waals surface area contributed by atoms with Crippen LogP contribution in [0.25, 0.3) is 0 Å². The Hall–Kier alpha value is -1.69. The number of sulfonamides is 1. The van der Waals surface area contributed by atoms with Gasteiger partial charge >= 0.3 is 0 Å². The van der Waals surface area contributed by atoms with E-state index in [9.17, 15) is 8.42 Å². The molecule has 0 heterocycles. The zero-order valence-corrected chi connectivity index (χ0v) is 13.7. The van der Waals surface area contributed by atoms with Crippen LogP contribution in [-0.2, 0) is 23.1 Å². The van der Waals surface area contributed by atoms with E-state index in [-0.39, 0.29) is 6.61 Å². The molecule has 0 aliphatic heterocycles. The van der Waals surface area contributed by atoms with Gasteiger partial charge in [0.15, 0.2) is 0 Å². The minimum Gasteiger partial charge on any atom is -0.392 e. The van der Waals surface area contributed by atoms with E-state index in [1.165, 1.54) is 0 Å². The molecule has 0 fully saturated rings. The summed E-state index contributed by atoms with van der Waals surface area (Å²) in [5, 5.41) is 8.99. The van der Waals surface area contributed by atoms with E-state index in [2.05, 4.69) is 4.72 Å². The van der Waals surface area contributed by atoms with E-state index in [4.69, 9.17) is 5.11 Å². The Labute approximate surface area is 131 Å². The second-order valence-electron chi connectivity index (χ2n) is 5.39. The zero-order chi connectivity index (χ0) is 16.2. The van der Waals surface area contributed by atoms with Crippen LogP contribution in [0.5, 0.6) is 0 Å². The van der Waals surface area contributed by atoms with Crippen LogP contribution in [0.15, 0.2) is 47.4 Å². The SMILES string of the molecule is Cc1ccc(C)c(S(=O)(=O)NCCc2ccc(CO)cc2)c1. The highest BCUT2D eigenvalue weighted by molar-refractivity contribution is 7.89. The number of hydrogen-bond acceptors (Lipinski definition) is 3. The number of aliphatic hydroxyl groups is 1. The van der Waals surface area contributed by atoms with Crippen LogP contribution < -0.4 is 4.72 Å². The second kappa shape index (κ2) is 7.05. The van der Waals surface area contributed by atoms with Crippen molar-refractivity contribution in [3.05, 3.63) is 64.7 Å². The average molecular weight is 319 g/mol. The van der Waals surface area contributed by atoms with Crippen LogP contribution in [0.1, 0.15) is 22.3 Å². The summed E-state index contributed by atoms with van der Waals surface area (Å²) < 4.78 is 27.3. The number of hydrogen-bond donors (Lipinski definition) is 2. The van der Waals surface area contributed by atoms with Gasteiger partial charge in [-0.1, -0.05) is 36.4 Å². The summed E-state index contributed by atoms with van der Waals surface area (Å²) in [6.45, 7) is 4.02. The maximum Gasteiger partial charge on any atom is 0.240 e. The summed E-state index contributed by atoms with van der Waals surface area (Å²) in [5.41, 5.74) is 3.54. The van der Waals surface area contributed by atoms with Crippen molar-refractivity contribution >= 4 is 10.0 Å². The summed E-state index contributed by atoms with van der Waals surface area (Å²) >= 11 is 0. The average Bonchev–Trinajstić information content (AvgIpc) is 2.50. The van der Waals surface area contributed by atoms with Crippen LogP contribution in [0.2, 0.25) is 0 Å². The fourth-order valence-electron chi connectivity index (χ4n) is 2.22. The fourth-order valence-corrected chi connectivity index (χ4v) is 3.57. The van der Waals surface area contributed by atoms with Gasteiger partial charge in [0.1, 0.15) is 0 Å². The van der Waals surface area contributed by atoms with Gasteiger partial charge in [0.2, 0.25) is 10.0 Å². The first kappa shape index (κ1) is 16.7. The standard InChI is InChI=1S/C17H21NO3S/c1-13-3-4-14(2)17(11-13)22(20,21)18-10-9-15-5-7-16(12-19)8-6-15/h3-8,11,18-19H,9-10,12H2,1-2H3. The van der Waals surface area contributed by atoms with Gasteiger partial charge in [-0.2, -0.15) is 0 Å². The van der Waals surface area contributed by atoms with Crippen molar-refractivity contribution in [3.8, 4) is 0 Å². The first-order chi connectivity index (χ1) is 10.4. The molecule has 0 spiro atoms. The Bertz CT molecular complexity index is 737. The van der Waals surface area contributed by atoms with Crippen LogP contribution in [0.4, 0.5) is 0 Å². The first-order valence-electron chi connectivity index (χ1n) is 7.18. The van der Waals surface area contributed by atoms with E-state index in [0.717, 1.165) is 22.3 Å². The Morgan fingerprint density at radius 3 is 2.27 bits per heavy atom. The molecular weight excluding hydrogens is 298 g/mol. The van der Waals surface area contributed by atoms with Crippen molar-refractivity contribution in [1.82, 2.24) is 4.72 Å². The highest BCUT2D eigenvalue weighted by atomic mass is 32.2. The molecule has 0 radical (unpaired) electrons. The van der Waals surface area contributed by atoms with E-state index >= 15 is 0 Å². The molecule has 0 atom stereocenters. The minimum absolute atomic E-state index is 0.0134. The van der Waals surface area contributed by atoms with Crippen LogP contribution in [0.3, 0.4) is 0 Å². The molecule has 0 amide bonds. The molecule has 22 heavy (non-hydrogen) atoms. The summed E-state index contributed by atoms with van der Waals surface area (Å²) in [6.07, 6.45) is 0.607. The summed E-state index contributed by atoms with van der Waals surface area (Å²) in [5.74, 6) is 0. The lowest BCUT2D eigenvalue weighted by atomic mass is 10.1. The Balaban J connectivity index is 2.01. The van der Waals surface area contributed by atoms with E-state index < -0.39 is 10.0 Å². The Morgan fingerprint density at radius 2 is 1.64 bits per heavy atom. The molecule has 2 rings (SSSR count). The third-order valence-electron chi connectivity index (χ3n) is 3.54. The van der Waals surface area contributed by atoms with Gasteiger partial charge in [0.05, 0.1) is 11.5 Å². The number of benzene rings is 2. The molecule has 2 aromatic carbocycles. The lowest BCUT2D eigenvalue weighted by Crippen LogP contribution is -2.26. The largest absolute Gasteiger partial charge is 0.392 e. The first-order valence-corrected chi connectivity index (χ1v) is 8.66. The molecule has 0 aliphatic carbocycles. The molecule has 2 aromatic rings. The van der Waals surface area contributed by atoms with Gasteiger partial charge in [-0.05, 0) is 48.6 Å². The maximum absolute atomic E-state index is 12.4. The van der Waals surface area contributed by atoms with Crippen LogP contribution in [-0.4, -0.2) is 20.1 Å². The molecule has 5 heteroatoms. The third-order valence-corrected chi connectivity index (χ3v) is 5.15. The summed E-state index contributed by atoms with van der Waals surface area (Å²) in [7, 11) is -3.49. The smallest absolute Gasteiger partial charge is 0.240 e. The van der Waals surface area contributed by atoms with E-state index in [1.807, 2.05) is 43.3 Å². The van der Waals surface area contributed by atoms with Crippen molar-refractivity contribution < 1.29 is 13.5 Å². The molecular formula is C17H21NO3S. The van der Waals surface area contributed by atoms with E-state index in [0.29, 0.717) is 17.9 Å². The lowest BCUT2D eigenvalue weighted by Gasteiger charge is -2.10. The van der Waals surface area contributed by atoms with Gasteiger partial charge in [-0.3, -0.25) is 0 Å². The molecule has 4 nitrogen and oxygen atoms in total. The Kier molecular flexibility index (Phi) is 5.34. The second-order valence-corrected chi connectivity index (χ2v) is 7.13. The maximum atomic E-state index is 12.4. The van der Waals surface area contributed by atoms with E-state index in [1.54, 1.807) is 13.0 Å². The van der Waals surface area contributed by atoms with Crippen molar-refractivity contribution in [2.45, 2.75) is 31.8 Å². The number of rotatable bonds is 6. The number of aryl methyl sites for hydroxylation is 2. The minimum atomic E-state index is -3.49. The third kappa shape index (κ3) is 4.16. The highest BCUT2D eigenvalue weighted by Crippen LogP contribution is 2.16. The molecule has 0 saturated heterocycles.